The van der Waals surface area contributed by atoms with Crippen LogP contribution in [0.4, 0.5) is 18.9 Å². The Morgan fingerprint density at radius 3 is 2.38 bits per heavy atom. The Morgan fingerprint density at radius 1 is 1.23 bits per heavy atom. The van der Waals surface area contributed by atoms with Crippen molar-refractivity contribution in [2.45, 2.75) is 13.2 Å². The maximum atomic E-state index is 15.2. The molecular weight excluding hydrogens is 351 g/mol. The molecule has 1 saturated heterocycles. The van der Waals surface area contributed by atoms with Gasteiger partial charge in [0.2, 0.25) is 5.43 Å². The summed E-state index contributed by atoms with van der Waals surface area (Å²) in [5.41, 5.74) is -2.56. The number of carboxylic acids is 1. The Balaban J connectivity index is 2.31. The van der Waals surface area contributed by atoms with E-state index in [1.165, 1.54) is 4.90 Å². The average Bonchev–Trinajstić information content (AvgIpc) is 2.56. The molecule has 2 heterocycles. The third-order valence-electron chi connectivity index (χ3n) is 4.62. The fourth-order valence-corrected chi connectivity index (χ4v) is 3.18. The standard InChI is InChI=1S/C17H18F3N3O3/c1-9(18)23-8-11(17(25)26)16(24)10-7-12(19)15(13(20)14(10)23)22-5-3-21(2)4-6-22/h7-9H,3-6H2,1-2H3,(H,25,26). The normalized spacial score (nSPS) is 16.9. The van der Waals surface area contributed by atoms with Crippen LogP contribution >= 0.6 is 0 Å². The summed E-state index contributed by atoms with van der Waals surface area (Å²) in [5, 5.41) is 8.62. The van der Waals surface area contributed by atoms with E-state index < -0.39 is 45.8 Å². The van der Waals surface area contributed by atoms with E-state index in [-0.39, 0.29) is 5.69 Å². The second-order valence-corrected chi connectivity index (χ2v) is 6.37. The van der Waals surface area contributed by atoms with E-state index in [1.807, 2.05) is 11.9 Å². The molecule has 0 radical (unpaired) electrons. The molecule has 1 aliphatic rings. The molecule has 0 bridgehead atoms. The van der Waals surface area contributed by atoms with Crippen LogP contribution in [0.3, 0.4) is 0 Å². The zero-order chi connectivity index (χ0) is 19.2. The van der Waals surface area contributed by atoms with Crippen LogP contribution < -0.4 is 10.3 Å². The molecule has 1 aromatic carbocycles. The number of aromatic carboxylic acids is 1. The molecule has 1 aromatic heterocycles. The number of carboxylic acid groups (broad SMARTS) is 1. The smallest absolute Gasteiger partial charge is 0.341 e. The van der Waals surface area contributed by atoms with Crippen LogP contribution in [0.2, 0.25) is 0 Å². The first kappa shape index (κ1) is 18.2. The molecule has 2 aromatic rings. The maximum Gasteiger partial charge on any atom is 0.341 e. The summed E-state index contributed by atoms with van der Waals surface area (Å²) in [6.07, 6.45) is -1.05. The molecule has 26 heavy (non-hydrogen) atoms. The number of likely N-dealkylation sites (N-methyl/N-ethyl adjacent to an activating group) is 1. The first-order chi connectivity index (χ1) is 12.2. The lowest BCUT2D eigenvalue weighted by Crippen LogP contribution is -2.45. The molecule has 1 unspecified atom stereocenters. The molecule has 0 amide bonds. The van der Waals surface area contributed by atoms with Gasteiger partial charge in [-0.2, -0.15) is 0 Å². The zero-order valence-electron chi connectivity index (χ0n) is 14.3. The monoisotopic (exact) mass is 369 g/mol. The summed E-state index contributed by atoms with van der Waals surface area (Å²) in [4.78, 5) is 27.0. The van der Waals surface area contributed by atoms with Crippen molar-refractivity contribution < 1.29 is 23.1 Å². The highest BCUT2D eigenvalue weighted by atomic mass is 19.1. The minimum absolute atomic E-state index is 0.331. The summed E-state index contributed by atoms with van der Waals surface area (Å²) in [5.74, 6) is -3.63. The van der Waals surface area contributed by atoms with Crippen LogP contribution in [0.15, 0.2) is 17.1 Å². The number of rotatable bonds is 3. The van der Waals surface area contributed by atoms with E-state index in [4.69, 9.17) is 5.11 Å². The van der Waals surface area contributed by atoms with Crippen LogP contribution in [0, 0.1) is 11.6 Å². The largest absolute Gasteiger partial charge is 0.477 e. The van der Waals surface area contributed by atoms with Gasteiger partial charge in [0, 0.05) is 32.4 Å². The molecule has 1 N–H and O–H groups in total. The molecule has 0 saturated carbocycles. The van der Waals surface area contributed by atoms with Gasteiger partial charge in [-0.05, 0) is 20.0 Å². The SMILES string of the molecule is CC(F)n1cc(C(=O)O)c(=O)c2cc(F)c(N3CCN(C)CC3)c(F)c21. The van der Waals surface area contributed by atoms with Gasteiger partial charge in [0.15, 0.2) is 12.1 Å². The minimum Gasteiger partial charge on any atom is -0.477 e. The second kappa shape index (κ2) is 6.64. The van der Waals surface area contributed by atoms with Gasteiger partial charge in [0.05, 0.1) is 10.9 Å². The van der Waals surface area contributed by atoms with Crippen molar-refractivity contribution in [1.82, 2.24) is 9.47 Å². The Bertz CT molecular complexity index is 934. The van der Waals surface area contributed by atoms with Gasteiger partial charge < -0.3 is 19.5 Å². The lowest BCUT2D eigenvalue weighted by Gasteiger charge is -2.34. The number of hydrogen-bond acceptors (Lipinski definition) is 4. The molecule has 1 atom stereocenters. The van der Waals surface area contributed by atoms with Crippen molar-refractivity contribution in [2.24, 2.45) is 0 Å². The number of nitrogens with zero attached hydrogens (tertiary/aromatic N) is 3. The van der Waals surface area contributed by atoms with Crippen molar-refractivity contribution >= 4 is 22.6 Å². The van der Waals surface area contributed by atoms with Gasteiger partial charge in [0.25, 0.3) is 0 Å². The first-order valence-electron chi connectivity index (χ1n) is 8.10. The summed E-state index contributed by atoms with van der Waals surface area (Å²) in [6.45, 7) is 3.02. The Kier molecular flexibility index (Phi) is 4.66. The fourth-order valence-electron chi connectivity index (χ4n) is 3.18. The number of piperazine rings is 1. The number of pyridine rings is 1. The Morgan fingerprint density at radius 2 is 1.85 bits per heavy atom. The lowest BCUT2D eigenvalue weighted by atomic mass is 10.1. The van der Waals surface area contributed by atoms with Crippen molar-refractivity contribution in [3.05, 3.63) is 39.7 Å². The van der Waals surface area contributed by atoms with Crippen LogP contribution in [-0.2, 0) is 0 Å². The summed E-state index contributed by atoms with van der Waals surface area (Å²) in [6, 6.07) is 0.791. The third-order valence-corrected chi connectivity index (χ3v) is 4.62. The number of benzene rings is 1. The van der Waals surface area contributed by atoms with Crippen molar-refractivity contribution in [3.8, 4) is 0 Å². The number of alkyl halides is 1. The molecule has 9 heteroatoms. The molecule has 6 nitrogen and oxygen atoms in total. The molecule has 3 rings (SSSR count). The van der Waals surface area contributed by atoms with Gasteiger partial charge in [-0.25, -0.2) is 18.0 Å². The molecular formula is C17H18F3N3O3. The molecule has 1 aliphatic heterocycles. The molecule has 0 aliphatic carbocycles. The third kappa shape index (κ3) is 2.92. The van der Waals surface area contributed by atoms with Crippen molar-refractivity contribution in [2.75, 3.05) is 38.1 Å². The maximum absolute atomic E-state index is 15.2. The topological polar surface area (TPSA) is 65.8 Å². The van der Waals surface area contributed by atoms with Crippen LogP contribution in [0.25, 0.3) is 10.9 Å². The van der Waals surface area contributed by atoms with Gasteiger partial charge in [0.1, 0.15) is 17.1 Å². The van der Waals surface area contributed by atoms with Crippen LogP contribution in [0.1, 0.15) is 23.6 Å². The van der Waals surface area contributed by atoms with Gasteiger partial charge in [-0.3, -0.25) is 4.79 Å². The highest BCUT2D eigenvalue weighted by Gasteiger charge is 2.27. The predicted molar refractivity (Wildman–Crippen MR) is 90.6 cm³/mol. The highest BCUT2D eigenvalue weighted by Crippen LogP contribution is 2.32. The van der Waals surface area contributed by atoms with E-state index in [1.54, 1.807) is 0 Å². The van der Waals surface area contributed by atoms with Gasteiger partial charge in [-0.15, -0.1) is 0 Å². The number of hydrogen-bond donors (Lipinski definition) is 1. The Hall–Kier alpha value is -2.55. The molecule has 0 spiro atoms. The first-order valence-corrected chi connectivity index (χ1v) is 8.10. The summed E-state index contributed by atoms with van der Waals surface area (Å²) < 4.78 is 44.5. The molecule has 1 fully saturated rings. The number of fused-ring (bicyclic) bond motifs is 1. The number of anilines is 1. The van der Waals surface area contributed by atoms with E-state index >= 15 is 4.39 Å². The molecule has 140 valence electrons. The minimum atomic E-state index is -1.81. The number of aromatic nitrogens is 1. The predicted octanol–water partition coefficient (Wildman–Crippen LogP) is 2.22. The van der Waals surface area contributed by atoms with Crippen molar-refractivity contribution in [1.29, 1.82) is 0 Å². The number of halogens is 3. The summed E-state index contributed by atoms with van der Waals surface area (Å²) >= 11 is 0. The van der Waals surface area contributed by atoms with E-state index in [0.29, 0.717) is 30.7 Å². The van der Waals surface area contributed by atoms with Crippen LogP contribution in [-0.4, -0.2) is 53.8 Å². The van der Waals surface area contributed by atoms with E-state index in [9.17, 15) is 18.4 Å². The number of carbonyl (C=O) groups is 1. The highest BCUT2D eigenvalue weighted by molar-refractivity contribution is 5.93. The summed E-state index contributed by atoms with van der Waals surface area (Å²) in [7, 11) is 1.89. The van der Waals surface area contributed by atoms with E-state index in [0.717, 1.165) is 19.2 Å². The average molecular weight is 369 g/mol. The quantitative estimate of drug-likeness (QED) is 0.899. The van der Waals surface area contributed by atoms with Crippen LogP contribution in [0.5, 0.6) is 0 Å². The van der Waals surface area contributed by atoms with Gasteiger partial charge >= 0.3 is 5.97 Å². The second-order valence-electron chi connectivity index (χ2n) is 6.37. The van der Waals surface area contributed by atoms with E-state index in [2.05, 4.69) is 0 Å². The lowest BCUT2D eigenvalue weighted by molar-refractivity contribution is 0.0694. The zero-order valence-corrected chi connectivity index (χ0v) is 14.3. The van der Waals surface area contributed by atoms with Gasteiger partial charge in [-0.1, -0.05) is 0 Å². The fraction of sp³-hybridized carbons (Fsp3) is 0.412. The van der Waals surface area contributed by atoms with Crippen molar-refractivity contribution in [3.63, 3.8) is 0 Å². The Labute approximate surface area is 147 Å².